The minimum atomic E-state index is -2.53. The van der Waals surface area contributed by atoms with E-state index < -0.39 is 6.92 Å². The number of hydrogen-bond donors (Lipinski definition) is 2. The van der Waals surface area contributed by atoms with Gasteiger partial charge in [0.15, 0.2) is 0 Å². The van der Waals surface area contributed by atoms with Crippen molar-refractivity contribution >= 4 is 18.3 Å². The molecule has 56 valence electrons. The van der Waals surface area contributed by atoms with Crippen LogP contribution in [0.2, 0.25) is 0 Å². The van der Waals surface area contributed by atoms with Gasteiger partial charge in [-0.15, -0.1) is 0 Å². The lowest BCUT2D eigenvalue weighted by Gasteiger charge is -2.01. The quantitative estimate of drug-likeness (QED) is 0.498. The van der Waals surface area contributed by atoms with E-state index in [-0.39, 0.29) is 0 Å². The van der Waals surface area contributed by atoms with Crippen LogP contribution >= 0.6 is 18.3 Å². The van der Waals surface area contributed by atoms with Crippen molar-refractivity contribution in [1.29, 1.82) is 0 Å². The summed E-state index contributed by atoms with van der Waals surface area (Å²) < 4.78 is 0. The lowest BCUT2D eigenvalue weighted by Crippen LogP contribution is -1.83. The summed E-state index contributed by atoms with van der Waals surface area (Å²) in [6, 6.07) is 0. The van der Waals surface area contributed by atoms with Crippen LogP contribution in [0, 0.1) is 0 Å². The van der Waals surface area contributed by atoms with E-state index in [0.717, 1.165) is 18.6 Å². The van der Waals surface area contributed by atoms with E-state index >= 15 is 0 Å². The molecule has 0 atom stereocenters. The minimum absolute atomic E-state index is 0.869. The Morgan fingerprint density at radius 1 is 1.44 bits per heavy atom. The van der Waals surface area contributed by atoms with Crippen LogP contribution < -0.4 is 0 Å². The standard InChI is InChI=1S/C5H14O2PS/c1-3-4-5-9-8(2,6)7/h6-7H,3-5H2,1-2H3/q+1. The molecule has 0 rings (SSSR count). The van der Waals surface area contributed by atoms with Crippen molar-refractivity contribution in [3.8, 4) is 0 Å². The lowest BCUT2D eigenvalue weighted by atomic mass is 10.4. The number of rotatable bonds is 4. The molecule has 0 aliphatic carbocycles. The van der Waals surface area contributed by atoms with E-state index in [4.69, 9.17) is 9.79 Å². The van der Waals surface area contributed by atoms with Crippen molar-refractivity contribution in [2.24, 2.45) is 0 Å². The van der Waals surface area contributed by atoms with E-state index in [1.54, 1.807) is 0 Å². The third-order valence-electron chi connectivity index (χ3n) is 0.834. The first-order valence-corrected chi connectivity index (χ1v) is 6.76. The highest BCUT2D eigenvalue weighted by atomic mass is 32.7. The van der Waals surface area contributed by atoms with E-state index in [9.17, 15) is 0 Å². The summed E-state index contributed by atoms with van der Waals surface area (Å²) in [5.41, 5.74) is 0. The molecular formula is C5H14O2PS+. The van der Waals surface area contributed by atoms with Gasteiger partial charge in [0, 0.05) is 5.75 Å². The Hall–Kier alpha value is 0.700. The van der Waals surface area contributed by atoms with Crippen molar-refractivity contribution < 1.29 is 9.79 Å². The maximum absolute atomic E-state index is 8.87. The Bertz CT molecular complexity index is 71.8. The van der Waals surface area contributed by atoms with E-state index in [2.05, 4.69) is 6.92 Å². The first kappa shape index (κ1) is 9.70. The average molecular weight is 169 g/mol. The summed E-state index contributed by atoms with van der Waals surface area (Å²) in [6.45, 7) is 1.05. The van der Waals surface area contributed by atoms with E-state index in [1.165, 1.54) is 18.0 Å². The van der Waals surface area contributed by atoms with Crippen LogP contribution in [0.25, 0.3) is 0 Å². The van der Waals surface area contributed by atoms with E-state index in [0.29, 0.717) is 0 Å². The summed E-state index contributed by atoms with van der Waals surface area (Å²) in [4.78, 5) is 17.7. The van der Waals surface area contributed by atoms with Gasteiger partial charge in [-0.2, -0.15) is 0 Å². The van der Waals surface area contributed by atoms with Crippen molar-refractivity contribution in [1.82, 2.24) is 0 Å². The SMILES string of the molecule is CCCCS[P+](C)(O)O. The third-order valence-corrected chi connectivity index (χ3v) is 3.81. The summed E-state index contributed by atoms with van der Waals surface area (Å²) in [6.07, 6.45) is 2.19. The van der Waals surface area contributed by atoms with Crippen LogP contribution in [0.4, 0.5) is 0 Å². The normalized spacial score (nSPS) is 12.0. The Balaban J connectivity index is 3.07. The van der Waals surface area contributed by atoms with Crippen molar-refractivity contribution in [3.05, 3.63) is 0 Å². The van der Waals surface area contributed by atoms with Gasteiger partial charge in [-0.1, -0.05) is 13.3 Å². The van der Waals surface area contributed by atoms with Gasteiger partial charge in [-0.3, -0.25) is 0 Å². The van der Waals surface area contributed by atoms with E-state index in [1.807, 2.05) is 0 Å². The second kappa shape index (κ2) is 4.51. The predicted molar refractivity (Wildman–Crippen MR) is 44.6 cm³/mol. The topological polar surface area (TPSA) is 40.5 Å². The molecule has 0 aliphatic rings. The molecule has 0 aromatic carbocycles. The highest BCUT2D eigenvalue weighted by molar-refractivity contribution is 8.58. The fraction of sp³-hybridized carbons (Fsp3) is 1.00. The molecule has 0 aromatic rings. The van der Waals surface area contributed by atoms with Crippen molar-refractivity contribution in [3.63, 3.8) is 0 Å². The molecule has 0 heterocycles. The van der Waals surface area contributed by atoms with Gasteiger partial charge in [0.1, 0.15) is 6.66 Å². The van der Waals surface area contributed by atoms with Gasteiger partial charge in [0.2, 0.25) is 0 Å². The molecule has 9 heavy (non-hydrogen) atoms. The zero-order valence-electron chi connectivity index (χ0n) is 5.87. The third kappa shape index (κ3) is 8.70. The molecule has 0 radical (unpaired) electrons. The first-order valence-electron chi connectivity index (χ1n) is 3.03. The van der Waals surface area contributed by atoms with Crippen LogP contribution in [0.1, 0.15) is 19.8 Å². The highest BCUT2D eigenvalue weighted by Gasteiger charge is 2.25. The zero-order chi connectivity index (χ0) is 7.33. The molecule has 0 saturated carbocycles. The molecule has 0 saturated heterocycles. The maximum Gasteiger partial charge on any atom is 0.323 e. The zero-order valence-corrected chi connectivity index (χ0v) is 7.58. The second-order valence-corrected chi connectivity index (χ2v) is 7.21. The Labute approximate surface area is 60.9 Å². The van der Waals surface area contributed by atoms with Crippen LogP contribution in [-0.2, 0) is 0 Å². The van der Waals surface area contributed by atoms with Gasteiger partial charge >= 0.3 is 6.92 Å². The van der Waals surface area contributed by atoms with Crippen molar-refractivity contribution in [2.45, 2.75) is 19.8 Å². The summed E-state index contributed by atoms with van der Waals surface area (Å²) in [5.74, 6) is 0.869. The van der Waals surface area contributed by atoms with Crippen LogP contribution in [0.15, 0.2) is 0 Å². The number of hydrogen-bond acceptors (Lipinski definition) is 3. The summed E-state index contributed by atoms with van der Waals surface area (Å²) in [5, 5.41) is 0. The Morgan fingerprint density at radius 2 is 2.00 bits per heavy atom. The Kier molecular flexibility index (Phi) is 4.86. The molecule has 0 fully saturated rings. The largest absolute Gasteiger partial charge is 0.323 e. The molecule has 0 aromatic heterocycles. The fourth-order valence-electron chi connectivity index (χ4n) is 0.382. The molecule has 0 amide bonds. The molecule has 2 nitrogen and oxygen atoms in total. The van der Waals surface area contributed by atoms with Crippen LogP contribution in [0.3, 0.4) is 0 Å². The predicted octanol–water partition coefficient (Wildman–Crippen LogP) is 1.90. The monoisotopic (exact) mass is 169 g/mol. The molecule has 0 bridgehead atoms. The first-order chi connectivity index (χ1) is 4.06. The molecule has 0 aliphatic heterocycles. The van der Waals surface area contributed by atoms with Crippen molar-refractivity contribution in [2.75, 3.05) is 12.4 Å². The highest BCUT2D eigenvalue weighted by Crippen LogP contribution is 2.59. The summed E-state index contributed by atoms with van der Waals surface area (Å²) in [7, 11) is 0. The van der Waals surface area contributed by atoms with Crippen LogP contribution in [-0.4, -0.2) is 22.2 Å². The maximum atomic E-state index is 8.87. The second-order valence-electron chi connectivity index (χ2n) is 2.02. The molecule has 2 N–H and O–H groups in total. The molecule has 0 unspecified atom stereocenters. The van der Waals surface area contributed by atoms with Gasteiger partial charge in [-0.05, 0) is 6.42 Å². The summed E-state index contributed by atoms with van der Waals surface area (Å²) >= 11 is 1.28. The Morgan fingerprint density at radius 3 is 2.33 bits per heavy atom. The minimum Gasteiger partial charge on any atom is -0.208 e. The van der Waals surface area contributed by atoms with Gasteiger partial charge in [0.05, 0.1) is 11.4 Å². The van der Waals surface area contributed by atoms with Gasteiger partial charge in [0.25, 0.3) is 0 Å². The van der Waals surface area contributed by atoms with Crippen LogP contribution in [0.5, 0.6) is 0 Å². The van der Waals surface area contributed by atoms with Gasteiger partial charge < -0.3 is 0 Å². The molecule has 4 heteroatoms. The lowest BCUT2D eigenvalue weighted by molar-refractivity contribution is 0.483. The smallest absolute Gasteiger partial charge is 0.208 e. The number of unbranched alkanes of at least 4 members (excludes halogenated alkanes) is 1. The average Bonchev–Trinajstić information content (AvgIpc) is 1.63. The molecular weight excluding hydrogens is 155 g/mol. The van der Waals surface area contributed by atoms with Gasteiger partial charge in [-0.25, -0.2) is 9.79 Å². The fourth-order valence-corrected chi connectivity index (χ4v) is 2.57. The molecule has 0 spiro atoms.